The first-order valence-electron chi connectivity index (χ1n) is 8.98. The van der Waals surface area contributed by atoms with Crippen molar-refractivity contribution < 1.29 is 19.5 Å². The lowest BCUT2D eigenvalue weighted by molar-refractivity contribution is -0.137. The Morgan fingerprint density at radius 3 is 2.83 bits per heavy atom. The molecule has 0 unspecified atom stereocenters. The standard InChI is InChI=1S/C21H20N4O4/c1-2-16(11-19(26)27)24-20(28)14-3-4-15-12-25(21(29)17(15)10-14)8-6-13-5-7-23-18(22)9-13/h1,3-5,7,9-10,16H,6,8,11-12H2,(H2,22,23)(H,24,28)(H,26,27)/t16-/m1/s1. The Labute approximate surface area is 167 Å². The van der Waals surface area contributed by atoms with Crippen molar-refractivity contribution in [3.8, 4) is 12.3 Å². The number of nitrogens with one attached hydrogen (secondary N) is 1. The molecule has 4 N–H and O–H groups in total. The summed E-state index contributed by atoms with van der Waals surface area (Å²) >= 11 is 0. The molecule has 8 heteroatoms. The molecule has 0 bridgehead atoms. The molecule has 3 rings (SSSR count). The summed E-state index contributed by atoms with van der Waals surface area (Å²) in [6, 6.07) is 7.55. The Balaban J connectivity index is 1.67. The number of terminal acetylenes is 1. The first kappa shape index (κ1) is 19.9. The van der Waals surface area contributed by atoms with Crippen molar-refractivity contribution in [1.82, 2.24) is 15.2 Å². The van der Waals surface area contributed by atoms with Crippen LogP contribution < -0.4 is 11.1 Å². The molecule has 1 atom stereocenters. The highest BCUT2D eigenvalue weighted by Gasteiger charge is 2.28. The zero-order valence-corrected chi connectivity index (χ0v) is 15.6. The molecule has 8 nitrogen and oxygen atoms in total. The minimum Gasteiger partial charge on any atom is -0.481 e. The number of anilines is 1. The van der Waals surface area contributed by atoms with Gasteiger partial charge in [0.2, 0.25) is 0 Å². The van der Waals surface area contributed by atoms with Crippen LogP contribution in [0.5, 0.6) is 0 Å². The summed E-state index contributed by atoms with van der Waals surface area (Å²) in [4.78, 5) is 41.6. The third kappa shape index (κ3) is 4.71. The highest BCUT2D eigenvalue weighted by molar-refractivity contribution is 6.02. The maximum absolute atomic E-state index is 12.7. The monoisotopic (exact) mass is 392 g/mol. The van der Waals surface area contributed by atoms with E-state index in [1.807, 2.05) is 6.07 Å². The van der Waals surface area contributed by atoms with E-state index in [0.29, 0.717) is 30.9 Å². The molecule has 1 aliphatic rings. The van der Waals surface area contributed by atoms with Gasteiger partial charge in [-0.3, -0.25) is 14.4 Å². The van der Waals surface area contributed by atoms with Crippen LogP contribution in [-0.2, 0) is 17.8 Å². The quantitative estimate of drug-likeness (QED) is 0.605. The van der Waals surface area contributed by atoms with Gasteiger partial charge in [-0.15, -0.1) is 6.42 Å². The normalized spacial score (nSPS) is 13.5. The molecule has 29 heavy (non-hydrogen) atoms. The van der Waals surface area contributed by atoms with Crippen molar-refractivity contribution in [2.45, 2.75) is 25.4 Å². The Bertz CT molecular complexity index is 1010. The van der Waals surface area contributed by atoms with Crippen molar-refractivity contribution in [3.63, 3.8) is 0 Å². The average Bonchev–Trinajstić information content (AvgIpc) is 3.00. The second-order valence-corrected chi connectivity index (χ2v) is 6.73. The summed E-state index contributed by atoms with van der Waals surface area (Å²) in [5.41, 5.74) is 8.22. The maximum atomic E-state index is 12.7. The van der Waals surface area contributed by atoms with Gasteiger partial charge in [0.05, 0.1) is 6.42 Å². The first-order chi connectivity index (χ1) is 13.9. The van der Waals surface area contributed by atoms with Crippen molar-refractivity contribution in [3.05, 3.63) is 58.8 Å². The van der Waals surface area contributed by atoms with Gasteiger partial charge in [0.15, 0.2) is 0 Å². The van der Waals surface area contributed by atoms with E-state index < -0.39 is 17.9 Å². The predicted octanol–water partition coefficient (Wildman–Crippen LogP) is 1.07. The van der Waals surface area contributed by atoms with Crippen molar-refractivity contribution in [1.29, 1.82) is 0 Å². The van der Waals surface area contributed by atoms with E-state index >= 15 is 0 Å². The zero-order chi connectivity index (χ0) is 21.0. The number of rotatable bonds is 7. The van der Waals surface area contributed by atoms with Gasteiger partial charge in [0.1, 0.15) is 11.9 Å². The summed E-state index contributed by atoms with van der Waals surface area (Å²) in [7, 11) is 0. The number of nitrogen functional groups attached to an aromatic ring is 1. The number of benzene rings is 1. The van der Waals surface area contributed by atoms with Crippen molar-refractivity contribution in [2.24, 2.45) is 0 Å². The van der Waals surface area contributed by atoms with Crippen LogP contribution in [0.2, 0.25) is 0 Å². The Hall–Kier alpha value is -3.86. The maximum Gasteiger partial charge on any atom is 0.306 e. The fourth-order valence-electron chi connectivity index (χ4n) is 3.16. The number of pyridine rings is 1. The number of amides is 2. The smallest absolute Gasteiger partial charge is 0.306 e. The molecule has 0 saturated heterocycles. The summed E-state index contributed by atoms with van der Waals surface area (Å²) in [6.45, 7) is 0.971. The highest BCUT2D eigenvalue weighted by atomic mass is 16.4. The molecular weight excluding hydrogens is 372 g/mol. The van der Waals surface area contributed by atoms with E-state index in [4.69, 9.17) is 17.3 Å². The number of aromatic nitrogens is 1. The molecule has 0 radical (unpaired) electrons. The lowest BCUT2D eigenvalue weighted by Gasteiger charge is -2.15. The van der Waals surface area contributed by atoms with Crippen molar-refractivity contribution in [2.75, 3.05) is 12.3 Å². The van der Waals surface area contributed by atoms with Crippen LogP contribution >= 0.6 is 0 Å². The van der Waals surface area contributed by atoms with Gasteiger partial charge in [-0.05, 0) is 41.8 Å². The van der Waals surface area contributed by atoms with E-state index in [1.54, 1.807) is 29.3 Å². The van der Waals surface area contributed by atoms with Crippen LogP contribution in [0.4, 0.5) is 5.82 Å². The minimum atomic E-state index is -1.11. The Morgan fingerprint density at radius 2 is 2.14 bits per heavy atom. The molecule has 2 heterocycles. The predicted molar refractivity (Wildman–Crippen MR) is 106 cm³/mol. The number of carboxylic acids is 1. The van der Waals surface area contributed by atoms with E-state index in [1.165, 1.54) is 6.07 Å². The van der Waals surface area contributed by atoms with Crippen LogP contribution in [0.3, 0.4) is 0 Å². The number of hydrogen-bond acceptors (Lipinski definition) is 5. The van der Waals surface area contributed by atoms with Crippen LogP contribution in [0.25, 0.3) is 0 Å². The first-order valence-corrected chi connectivity index (χ1v) is 8.98. The van der Waals surface area contributed by atoms with Gasteiger partial charge in [-0.25, -0.2) is 4.98 Å². The van der Waals surface area contributed by atoms with Crippen LogP contribution in [0, 0.1) is 12.3 Å². The van der Waals surface area contributed by atoms with Gasteiger partial charge in [-0.1, -0.05) is 12.0 Å². The highest BCUT2D eigenvalue weighted by Crippen LogP contribution is 2.24. The van der Waals surface area contributed by atoms with E-state index in [-0.39, 0.29) is 17.9 Å². The molecule has 1 aromatic carbocycles. The lowest BCUT2D eigenvalue weighted by Crippen LogP contribution is -2.35. The number of carbonyl (C=O) groups is 3. The van der Waals surface area contributed by atoms with Crippen LogP contribution in [-0.4, -0.2) is 45.4 Å². The van der Waals surface area contributed by atoms with Gasteiger partial charge in [0, 0.05) is 30.4 Å². The number of carbonyl (C=O) groups excluding carboxylic acids is 2. The van der Waals surface area contributed by atoms with Crippen LogP contribution in [0.15, 0.2) is 36.5 Å². The fourth-order valence-corrected chi connectivity index (χ4v) is 3.16. The van der Waals surface area contributed by atoms with E-state index in [0.717, 1.165) is 11.1 Å². The largest absolute Gasteiger partial charge is 0.481 e. The molecule has 0 aliphatic carbocycles. The number of fused-ring (bicyclic) bond motifs is 1. The zero-order valence-electron chi connectivity index (χ0n) is 15.6. The third-order valence-corrected chi connectivity index (χ3v) is 4.65. The molecule has 1 aromatic heterocycles. The minimum absolute atomic E-state index is 0.157. The molecule has 0 spiro atoms. The lowest BCUT2D eigenvalue weighted by atomic mass is 10.1. The van der Waals surface area contributed by atoms with Gasteiger partial charge in [0.25, 0.3) is 11.8 Å². The molecule has 0 saturated carbocycles. The van der Waals surface area contributed by atoms with E-state index in [2.05, 4.69) is 16.2 Å². The molecule has 0 fully saturated rings. The third-order valence-electron chi connectivity index (χ3n) is 4.65. The molecular formula is C21H20N4O4. The summed E-state index contributed by atoms with van der Waals surface area (Å²) < 4.78 is 0. The number of carboxylic acid groups (broad SMARTS) is 1. The number of aliphatic carboxylic acids is 1. The van der Waals surface area contributed by atoms with Gasteiger partial charge in [-0.2, -0.15) is 0 Å². The second kappa shape index (κ2) is 8.44. The van der Waals surface area contributed by atoms with E-state index in [9.17, 15) is 14.4 Å². The number of hydrogen-bond donors (Lipinski definition) is 3. The average molecular weight is 392 g/mol. The van der Waals surface area contributed by atoms with Gasteiger partial charge >= 0.3 is 5.97 Å². The summed E-state index contributed by atoms with van der Waals surface area (Å²) in [5.74, 6) is 0.888. The van der Waals surface area contributed by atoms with Crippen molar-refractivity contribution >= 4 is 23.6 Å². The molecule has 1 aliphatic heterocycles. The second-order valence-electron chi connectivity index (χ2n) is 6.73. The number of nitrogens with zero attached hydrogens (tertiary/aromatic N) is 2. The topological polar surface area (TPSA) is 126 Å². The summed E-state index contributed by atoms with van der Waals surface area (Å²) in [6.07, 6.45) is 7.16. The Morgan fingerprint density at radius 1 is 1.34 bits per heavy atom. The summed E-state index contributed by atoms with van der Waals surface area (Å²) in [5, 5.41) is 11.3. The molecule has 2 aromatic rings. The SMILES string of the molecule is C#C[C@H](CC(=O)O)NC(=O)c1ccc2c(c1)C(=O)N(CCc1ccnc(N)c1)C2. The van der Waals surface area contributed by atoms with Gasteiger partial charge < -0.3 is 21.1 Å². The fraction of sp³-hybridized carbons (Fsp3) is 0.238. The number of nitrogens with two attached hydrogens (primary N) is 1. The molecule has 148 valence electrons. The van der Waals surface area contributed by atoms with Crippen LogP contribution in [0.1, 0.15) is 38.3 Å². The Kier molecular flexibility index (Phi) is 5.79. The molecule has 2 amide bonds.